The molecule has 0 aromatic heterocycles. The minimum Gasteiger partial charge on any atom is -0.462 e. The van der Waals surface area contributed by atoms with Gasteiger partial charge in [0, 0.05) is 13.2 Å². The van der Waals surface area contributed by atoms with Crippen LogP contribution in [0.2, 0.25) is 0 Å². The van der Waals surface area contributed by atoms with Gasteiger partial charge >= 0.3 is 5.97 Å². The second kappa shape index (κ2) is 10.9. The van der Waals surface area contributed by atoms with Crippen LogP contribution < -0.4 is 0 Å². The molecule has 4 nitrogen and oxygen atoms in total. The molecule has 4 heteroatoms. The van der Waals surface area contributed by atoms with Crippen LogP contribution in [0.15, 0.2) is 60.7 Å². The summed E-state index contributed by atoms with van der Waals surface area (Å²) < 4.78 is 12.0. The fourth-order valence-corrected chi connectivity index (χ4v) is 3.14. The predicted molar refractivity (Wildman–Crippen MR) is 109 cm³/mol. The molecule has 146 valence electrons. The molecule has 0 bridgehead atoms. The number of esters is 1. The van der Waals surface area contributed by atoms with Crippen molar-refractivity contribution in [3.05, 3.63) is 71.8 Å². The van der Waals surface area contributed by atoms with Gasteiger partial charge in [0.1, 0.15) is 6.61 Å². The Labute approximate surface area is 163 Å². The lowest BCUT2D eigenvalue weighted by molar-refractivity contribution is -0.169. The maximum absolute atomic E-state index is 13.4. The van der Waals surface area contributed by atoms with E-state index in [2.05, 4.69) is 18.7 Å². The van der Waals surface area contributed by atoms with Gasteiger partial charge in [-0.1, -0.05) is 81.4 Å². The average molecular weight is 370 g/mol. The van der Waals surface area contributed by atoms with Crippen molar-refractivity contribution in [2.24, 2.45) is 0 Å². The molecule has 0 fully saturated rings. The summed E-state index contributed by atoms with van der Waals surface area (Å²) in [6, 6.07) is 19.3. The van der Waals surface area contributed by atoms with E-state index in [0.29, 0.717) is 19.8 Å². The van der Waals surface area contributed by atoms with Gasteiger partial charge < -0.3 is 14.4 Å². The number of carbonyl (C=O) groups is 1. The van der Waals surface area contributed by atoms with E-state index in [0.717, 1.165) is 30.6 Å². The van der Waals surface area contributed by atoms with Crippen LogP contribution >= 0.6 is 0 Å². The van der Waals surface area contributed by atoms with Crippen molar-refractivity contribution in [3.8, 4) is 0 Å². The van der Waals surface area contributed by atoms with Crippen molar-refractivity contribution in [1.82, 2.24) is 4.90 Å². The topological polar surface area (TPSA) is 38.8 Å². The Morgan fingerprint density at radius 3 is 1.81 bits per heavy atom. The van der Waals surface area contributed by atoms with Crippen LogP contribution in [0, 0.1) is 0 Å². The van der Waals surface area contributed by atoms with E-state index in [1.54, 1.807) is 0 Å². The normalized spacial score (nSPS) is 11.6. The number of rotatable bonds is 11. The van der Waals surface area contributed by atoms with Crippen LogP contribution in [0.5, 0.6) is 0 Å². The molecule has 2 aromatic rings. The summed E-state index contributed by atoms with van der Waals surface area (Å²) in [6.07, 6.45) is 0.814. The summed E-state index contributed by atoms with van der Waals surface area (Å²) in [5.74, 6) is -0.361. The van der Waals surface area contributed by atoms with E-state index in [4.69, 9.17) is 9.47 Å². The van der Waals surface area contributed by atoms with Crippen LogP contribution in [-0.4, -0.2) is 43.7 Å². The summed E-state index contributed by atoms with van der Waals surface area (Å²) in [5.41, 5.74) is 0.330. The van der Waals surface area contributed by atoms with Crippen molar-refractivity contribution in [2.75, 3.05) is 32.8 Å². The number of carbonyl (C=O) groups excluding carboxylic acids is 1. The summed E-state index contributed by atoms with van der Waals surface area (Å²) in [7, 11) is 0. The maximum Gasteiger partial charge on any atom is 0.347 e. The highest BCUT2D eigenvalue weighted by molar-refractivity contribution is 5.85. The number of nitrogens with zero attached hydrogens (tertiary/aromatic N) is 1. The van der Waals surface area contributed by atoms with Gasteiger partial charge in [0.25, 0.3) is 0 Å². The first-order valence-electron chi connectivity index (χ1n) is 9.83. The quantitative estimate of drug-likeness (QED) is 0.555. The monoisotopic (exact) mass is 369 g/mol. The average Bonchev–Trinajstić information content (AvgIpc) is 2.73. The van der Waals surface area contributed by atoms with Crippen LogP contribution in [-0.2, 0) is 19.9 Å². The molecule has 0 aliphatic carbocycles. The van der Waals surface area contributed by atoms with Gasteiger partial charge in [-0.05, 0) is 30.6 Å². The first-order chi connectivity index (χ1) is 13.2. The van der Waals surface area contributed by atoms with E-state index >= 15 is 0 Å². The van der Waals surface area contributed by atoms with E-state index in [1.165, 1.54) is 0 Å². The van der Waals surface area contributed by atoms with Crippen molar-refractivity contribution in [3.63, 3.8) is 0 Å². The predicted octanol–water partition coefficient (Wildman–Crippen LogP) is 4.24. The third kappa shape index (κ3) is 5.18. The summed E-state index contributed by atoms with van der Waals surface area (Å²) >= 11 is 0. The fourth-order valence-electron chi connectivity index (χ4n) is 3.14. The summed E-state index contributed by atoms with van der Waals surface area (Å²) in [4.78, 5) is 15.6. The first kappa shape index (κ1) is 21.1. The first-order valence-corrected chi connectivity index (χ1v) is 9.83. The van der Waals surface area contributed by atoms with Crippen LogP contribution in [0.3, 0.4) is 0 Å². The van der Waals surface area contributed by atoms with E-state index in [1.807, 2.05) is 67.6 Å². The second-order valence-electron chi connectivity index (χ2n) is 6.42. The van der Waals surface area contributed by atoms with Crippen molar-refractivity contribution >= 4 is 5.97 Å². The minimum atomic E-state index is -1.25. The molecule has 0 N–H and O–H groups in total. The Morgan fingerprint density at radius 2 is 1.37 bits per heavy atom. The van der Waals surface area contributed by atoms with Crippen molar-refractivity contribution < 1.29 is 14.3 Å². The highest BCUT2D eigenvalue weighted by Crippen LogP contribution is 2.35. The second-order valence-corrected chi connectivity index (χ2v) is 6.42. The van der Waals surface area contributed by atoms with E-state index < -0.39 is 5.60 Å². The third-order valence-corrected chi connectivity index (χ3v) is 4.71. The molecular formula is C23H31NO3. The van der Waals surface area contributed by atoms with Crippen molar-refractivity contribution in [1.29, 1.82) is 0 Å². The van der Waals surface area contributed by atoms with Gasteiger partial charge in [-0.2, -0.15) is 0 Å². The van der Waals surface area contributed by atoms with Gasteiger partial charge in [0.15, 0.2) is 0 Å². The van der Waals surface area contributed by atoms with Gasteiger partial charge in [0.05, 0.1) is 0 Å². The number of ether oxygens (including phenoxy) is 2. The highest BCUT2D eigenvalue weighted by Gasteiger charge is 2.44. The molecule has 0 saturated heterocycles. The maximum atomic E-state index is 13.4. The van der Waals surface area contributed by atoms with Crippen LogP contribution in [0.25, 0.3) is 0 Å². The lowest BCUT2D eigenvalue weighted by Gasteiger charge is -2.33. The fraction of sp³-hybridized carbons (Fsp3) is 0.435. The Hall–Kier alpha value is -2.17. The summed E-state index contributed by atoms with van der Waals surface area (Å²) in [5, 5.41) is 0. The zero-order valence-corrected chi connectivity index (χ0v) is 16.7. The number of benzene rings is 2. The van der Waals surface area contributed by atoms with Crippen molar-refractivity contribution in [2.45, 2.75) is 32.8 Å². The van der Waals surface area contributed by atoms with Gasteiger partial charge in [-0.25, -0.2) is 4.79 Å². The third-order valence-electron chi connectivity index (χ3n) is 4.71. The molecule has 2 aromatic carbocycles. The molecule has 2 rings (SSSR count). The molecule has 0 amide bonds. The smallest absolute Gasteiger partial charge is 0.347 e. The molecule has 0 spiro atoms. The standard InChI is InChI=1S/C23H31NO3/c1-4-18-27-23(20-13-9-7-10-14-20,21-15-11-8-12-16-21)22(25)26-19-17-24(5-2)6-3/h7-16H,4-6,17-19H2,1-3H3. The molecule has 0 saturated carbocycles. The molecule has 0 heterocycles. The van der Waals surface area contributed by atoms with Crippen LogP contribution in [0.4, 0.5) is 0 Å². The lowest BCUT2D eigenvalue weighted by Crippen LogP contribution is -2.42. The molecule has 0 atom stereocenters. The van der Waals surface area contributed by atoms with Crippen LogP contribution in [0.1, 0.15) is 38.3 Å². The number of likely N-dealkylation sites (N-methyl/N-ethyl adjacent to an activating group) is 1. The molecule has 0 aliphatic rings. The Morgan fingerprint density at radius 1 is 0.852 bits per heavy atom. The molecule has 0 unspecified atom stereocenters. The number of hydrogen-bond acceptors (Lipinski definition) is 4. The zero-order valence-electron chi connectivity index (χ0n) is 16.7. The summed E-state index contributed by atoms with van der Waals surface area (Å²) in [6.45, 7) is 9.64. The molecule has 0 aliphatic heterocycles. The van der Waals surface area contributed by atoms with E-state index in [-0.39, 0.29) is 5.97 Å². The minimum absolute atomic E-state index is 0.345. The zero-order chi connectivity index (χ0) is 19.5. The molecular weight excluding hydrogens is 338 g/mol. The highest BCUT2D eigenvalue weighted by atomic mass is 16.6. The Bertz CT molecular complexity index is 629. The van der Waals surface area contributed by atoms with Gasteiger partial charge in [0.2, 0.25) is 5.60 Å². The number of hydrogen-bond donors (Lipinski definition) is 0. The van der Waals surface area contributed by atoms with Gasteiger partial charge in [-0.3, -0.25) is 0 Å². The Balaban J connectivity index is 2.37. The van der Waals surface area contributed by atoms with E-state index in [9.17, 15) is 4.79 Å². The lowest BCUT2D eigenvalue weighted by atomic mass is 9.86. The molecule has 0 radical (unpaired) electrons. The largest absolute Gasteiger partial charge is 0.462 e. The Kier molecular flexibility index (Phi) is 8.49. The molecule has 27 heavy (non-hydrogen) atoms. The van der Waals surface area contributed by atoms with Gasteiger partial charge in [-0.15, -0.1) is 0 Å². The SMILES string of the molecule is CCCOC(C(=O)OCCN(CC)CC)(c1ccccc1)c1ccccc1.